The number of rotatable bonds is 7. The van der Waals surface area contributed by atoms with Crippen LogP contribution in [0.1, 0.15) is 12.7 Å². The third-order valence-corrected chi connectivity index (χ3v) is 4.14. The minimum absolute atomic E-state index is 0.660. The van der Waals surface area contributed by atoms with E-state index >= 15 is 0 Å². The maximum Gasteiger partial charge on any atom is 0.162 e. The summed E-state index contributed by atoms with van der Waals surface area (Å²) in [5, 5.41) is 3.33. The Morgan fingerprint density at radius 2 is 1.67 bits per heavy atom. The van der Waals surface area contributed by atoms with Crippen LogP contribution in [0.3, 0.4) is 0 Å². The Labute approximate surface area is 159 Å². The number of nitrogens with zero attached hydrogens (tertiary/aromatic N) is 3. The van der Waals surface area contributed by atoms with Crippen LogP contribution >= 0.6 is 0 Å². The summed E-state index contributed by atoms with van der Waals surface area (Å²) in [6.45, 7) is 4.80. The molecule has 0 fully saturated rings. The van der Waals surface area contributed by atoms with E-state index in [1.807, 2.05) is 49.4 Å². The van der Waals surface area contributed by atoms with Gasteiger partial charge in [0, 0.05) is 30.1 Å². The number of aryl methyl sites for hydroxylation is 1. The fourth-order valence-corrected chi connectivity index (χ4v) is 2.90. The summed E-state index contributed by atoms with van der Waals surface area (Å²) in [6.07, 6.45) is 0. The van der Waals surface area contributed by atoms with E-state index in [4.69, 9.17) is 9.47 Å². The van der Waals surface area contributed by atoms with Crippen LogP contribution in [-0.2, 0) is 0 Å². The lowest BCUT2D eigenvalue weighted by atomic mass is 10.2. The van der Waals surface area contributed by atoms with Crippen molar-refractivity contribution in [2.45, 2.75) is 13.8 Å². The summed E-state index contributed by atoms with van der Waals surface area (Å²) < 4.78 is 10.7. The molecule has 6 nitrogen and oxygen atoms in total. The Balaban J connectivity index is 1.91. The quantitative estimate of drug-likeness (QED) is 0.655. The molecular weight excluding hydrogens is 340 g/mol. The highest BCUT2D eigenvalue weighted by Gasteiger charge is 2.12. The first-order chi connectivity index (χ1) is 13.1. The van der Waals surface area contributed by atoms with Gasteiger partial charge in [-0.05, 0) is 38.1 Å². The van der Waals surface area contributed by atoms with Crippen LogP contribution in [-0.4, -0.2) is 30.7 Å². The highest BCUT2D eigenvalue weighted by atomic mass is 16.5. The van der Waals surface area contributed by atoms with Gasteiger partial charge in [0.15, 0.2) is 11.5 Å². The summed E-state index contributed by atoms with van der Waals surface area (Å²) >= 11 is 0. The molecular formula is C21H24N4O2. The first kappa shape index (κ1) is 18.5. The zero-order valence-electron chi connectivity index (χ0n) is 16.1. The molecule has 0 saturated heterocycles. The van der Waals surface area contributed by atoms with Gasteiger partial charge in [0.05, 0.1) is 14.2 Å². The van der Waals surface area contributed by atoms with Crippen LogP contribution in [0.5, 0.6) is 11.5 Å². The molecule has 0 bridgehead atoms. The van der Waals surface area contributed by atoms with Crippen molar-refractivity contribution in [2.24, 2.45) is 0 Å². The number of anilines is 4. The summed E-state index contributed by atoms with van der Waals surface area (Å²) in [7, 11) is 3.24. The molecule has 0 unspecified atom stereocenters. The van der Waals surface area contributed by atoms with E-state index < -0.39 is 0 Å². The van der Waals surface area contributed by atoms with Gasteiger partial charge in [0.2, 0.25) is 0 Å². The number of nitrogens with one attached hydrogen (secondary N) is 1. The number of para-hydroxylation sites is 1. The smallest absolute Gasteiger partial charge is 0.162 e. The SMILES string of the molecule is CCN(c1ccccc1)c1cc(Nc2ccc(OC)c(OC)c2)nc(C)n1. The zero-order valence-corrected chi connectivity index (χ0v) is 16.1. The number of methoxy groups -OCH3 is 2. The monoisotopic (exact) mass is 364 g/mol. The Morgan fingerprint density at radius 3 is 2.33 bits per heavy atom. The second-order valence-corrected chi connectivity index (χ2v) is 5.93. The number of hydrogen-bond donors (Lipinski definition) is 1. The van der Waals surface area contributed by atoms with Crippen LogP contribution < -0.4 is 19.7 Å². The molecule has 0 aliphatic carbocycles. The van der Waals surface area contributed by atoms with Crippen LogP contribution in [0, 0.1) is 6.92 Å². The van der Waals surface area contributed by atoms with Gasteiger partial charge in [0.1, 0.15) is 17.5 Å². The van der Waals surface area contributed by atoms with Crippen molar-refractivity contribution < 1.29 is 9.47 Å². The predicted octanol–water partition coefficient (Wildman–Crippen LogP) is 4.70. The fraction of sp³-hybridized carbons (Fsp3) is 0.238. The van der Waals surface area contributed by atoms with Crippen molar-refractivity contribution in [3.63, 3.8) is 0 Å². The number of hydrogen-bond acceptors (Lipinski definition) is 6. The van der Waals surface area contributed by atoms with Crippen molar-refractivity contribution >= 4 is 23.0 Å². The van der Waals surface area contributed by atoms with E-state index in [2.05, 4.69) is 39.2 Å². The summed E-state index contributed by atoms with van der Waals surface area (Å²) in [5.74, 6) is 3.61. The molecule has 1 N–H and O–H groups in total. The normalized spacial score (nSPS) is 10.4. The molecule has 3 rings (SSSR count). The Kier molecular flexibility index (Phi) is 5.76. The van der Waals surface area contributed by atoms with Crippen molar-refractivity contribution in [2.75, 3.05) is 31.0 Å². The third kappa shape index (κ3) is 4.28. The molecule has 1 aromatic heterocycles. The van der Waals surface area contributed by atoms with E-state index in [-0.39, 0.29) is 0 Å². The number of ether oxygens (including phenoxy) is 2. The van der Waals surface area contributed by atoms with Crippen molar-refractivity contribution in [1.82, 2.24) is 9.97 Å². The van der Waals surface area contributed by atoms with Crippen LogP contribution in [0.4, 0.5) is 23.0 Å². The van der Waals surface area contributed by atoms with Gasteiger partial charge in [-0.15, -0.1) is 0 Å². The van der Waals surface area contributed by atoms with E-state index in [0.717, 1.165) is 29.6 Å². The predicted molar refractivity (Wildman–Crippen MR) is 109 cm³/mol. The lowest BCUT2D eigenvalue weighted by molar-refractivity contribution is 0.355. The van der Waals surface area contributed by atoms with Gasteiger partial charge >= 0.3 is 0 Å². The second-order valence-electron chi connectivity index (χ2n) is 5.93. The lowest BCUT2D eigenvalue weighted by Gasteiger charge is -2.23. The van der Waals surface area contributed by atoms with Gasteiger partial charge in [-0.25, -0.2) is 9.97 Å². The molecule has 0 radical (unpaired) electrons. The number of benzene rings is 2. The lowest BCUT2D eigenvalue weighted by Crippen LogP contribution is -2.18. The average molecular weight is 364 g/mol. The molecule has 0 aliphatic rings. The molecule has 140 valence electrons. The van der Waals surface area contributed by atoms with E-state index in [9.17, 15) is 0 Å². The third-order valence-electron chi connectivity index (χ3n) is 4.14. The van der Waals surface area contributed by atoms with Gasteiger partial charge in [-0.3, -0.25) is 0 Å². The van der Waals surface area contributed by atoms with Crippen LogP contribution in [0.15, 0.2) is 54.6 Å². The number of aromatic nitrogens is 2. The van der Waals surface area contributed by atoms with Crippen molar-refractivity contribution in [3.05, 3.63) is 60.4 Å². The minimum atomic E-state index is 0.660. The molecule has 0 saturated carbocycles. The maximum atomic E-state index is 5.37. The first-order valence-electron chi connectivity index (χ1n) is 8.82. The van der Waals surface area contributed by atoms with Crippen molar-refractivity contribution in [1.29, 1.82) is 0 Å². The topological polar surface area (TPSA) is 59.5 Å². The molecule has 1 heterocycles. The molecule has 3 aromatic rings. The van der Waals surface area contributed by atoms with Gasteiger partial charge in [0.25, 0.3) is 0 Å². The first-order valence-corrected chi connectivity index (χ1v) is 8.82. The minimum Gasteiger partial charge on any atom is -0.493 e. The Morgan fingerprint density at radius 1 is 0.926 bits per heavy atom. The summed E-state index contributed by atoms with van der Waals surface area (Å²) in [5.41, 5.74) is 1.95. The standard InChI is InChI=1S/C21H24N4O2/c1-5-25(17-9-7-6-8-10-17)21-14-20(22-15(2)23-21)24-16-11-12-18(26-3)19(13-16)27-4/h6-14H,5H2,1-4H3,(H,22,23,24). The van der Waals surface area contributed by atoms with Crippen LogP contribution in [0.2, 0.25) is 0 Å². The maximum absolute atomic E-state index is 5.37. The molecule has 0 aliphatic heterocycles. The van der Waals surface area contributed by atoms with E-state index in [1.165, 1.54) is 0 Å². The van der Waals surface area contributed by atoms with Crippen molar-refractivity contribution in [3.8, 4) is 11.5 Å². The van der Waals surface area contributed by atoms with E-state index in [0.29, 0.717) is 17.3 Å². The molecule has 2 aromatic carbocycles. The van der Waals surface area contributed by atoms with Crippen LogP contribution in [0.25, 0.3) is 0 Å². The highest BCUT2D eigenvalue weighted by Crippen LogP contribution is 2.32. The summed E-state index contributed by atoms with van der Waals surface area (Å²) in [6, 6.07) is 17.8. The largest absolute Gasteiger partial charge is 0.493 e. The molecule has 6 heteroatoms. The Bertz CT molecular complexity index is 900. The highest BCUT2D eigenvalue weighted by molar-refractivity contribution is 5.66. The fourth-order valence-electron chi connectivity index (χ4n) is 2.90. The summed E-state index contributed by atoms with van der Waals surface area (Å²) in [4.78, 5) is 11.3. The average Bonchev–Trinajstić information content (AvgIpc) is 2.69. The second kappa shape index (κ2) is 8.40. The molecule has 0 atom stereocenters. The molecule has 0 spiro atoms. The zero-order chi connectivity index (χ0) is 19.2. The van der Waals surface area contributed by atoms with E-state index in [1.54, 1.807) is 14.2 Å². The molecule has 0 amide bonds. The Hall–Kier alpha value is -3.28. The van der Waals surface area contributed by atoms with Gasteiger partial charge < -0.3 is 19.7 Å². The van der Waals surface area contributed by atoms with Gasteiger partial charge in [-0.1, -0.05) is 18.2 Å². The van der Waals surface area contributed by atoms with Gasteiger partial charge in [-0.2, -0.15) is 0 Å². The molecule has 27 heavy (non-hydrogen) atoms.